The molecule has 19 nitrogen and oxygen atoms in total. The average molecular weight is 929 g/mol. The summed E-state index contributed by atoms with van der Waals surface area (Å²) in [7, 11) is 0. The van der Waals surface area contributed by atoms with Crippen LogP contribution in [0.2, 0.25) is 0 Å². The zero-order chi connectivity index (χ0) is 49.7. The highest BCUT2D eigenvalue weighted by Gasteiger charge is 2.41. The van der Waals surface area contributed by atoms with E-state index < -0.39 is 77.2 Å². The Balaban J connectivity index is 2.39. The number of aromatic hydroxyl groups is 1. The van der Waals surface area contributed by atoms with E-state index in [1.165, 1.54) is 17.0 Å². The molecule has 6 amide bonds. The van der Waals surface area contributed by atoms with E-state index >= 15 is 0 Å². The molecule has 0 bridgehead atoms. The van der Waals surface area contributed by atoms with E-state index in [4.69, 9.17) is 11.5 Å². The summed E-state index contributed by atoms with van der Waals surface area (Å²) in [5.41, 5.74) is 10.7. The van der Waals surface area contributed by atoms with Crippen LogP contribution in [-0.4, -0.2) is 136 Å². The molecule has 2 rings (SSSR count). The van der Waals surface area contributed by atoms with Crippen LogP contribution in [-0.2, 0) is 40.0 Å². The summed E-state index contributed by atoms with van der Waals surface area (Å²) >= 11 is 0. The van der Waals surface area contributed by atoms with Crippen LogP contribution in [0, 0.1) is 17.3 Å². The van der Waals surface area contributed by atoms with Crippen molar-refractivity contribution in [3.8, 4) is 5.75 Å². The Bertz CT molecular complexity index is 1780. The summed E-state index contributed by atoms with van der Waals surface area (Å²) in [6, 6.07) is -0.667. The topological polar surface area (TPSA) is 291 Å². The van der Waals surface area contributed by atoms with Gasteiger partial charge in [-0.05, 0) is 106 Å². The number of hydrogen-bond acceptors (Lipinski definition) is 10. The molecular weight excluding hydrogens is 849 g/mol. The number of carboxylic acids is 1. The molecule has 6 atom stereocenters. The molecule has 1 aliphatic rings. The van der Waals surface area contributed by atoms with Crippen molar-refractivity contribution in [2.75, 3.05) is 32.7 Å². The molecule has 1 aromatic rings. The van der Waals surface area contributed by atoms with Gasteiger partial charge in [-0.15, -0.1) is 0 Å². The number of unbranched alkanes of at least 4 members (excludes halogenated alkanes) is 1. The van der Waals surface area contributed by atoms with Crippen LogP contribution in [0.1, 0.15) is 126 Å². The number of nitrogens with zero attached hydrogens (tertiary/aromatic N) is 3. The monoisotopic (exact) mass is 929 g/mol. The molecule has 1 aliphatic heterocycles. The van der Waals surface area contributed by atoms with Gasteiger partial charge in [-0.1, -0.05) is 74.4 Å². The summed E-state index contributed by atoms with van der Waals surface area (Å²) in [6.07, 6.45) is 3.35. The van der Waals surface area contributed by atoms with Gasteiger partial charge in [0.1, 0.15) is 42.0 Å². The van der Waals surface area contributed by atoms with Crippen molar-refractivity contribution in [1.29, 1.82) is 0 Å². The molecule has 1 fully saturated rings. The van der Waals surface area contributed by atoms with Crippen molar-refractivity contribution in [3.63, 3.8) is 0 Å². The van der Waals surface area contributed by atoms with Crippen molar-refractivity contribution in [2.45, 2.75) is 163 Å². The molecule has 66 heavy (non-hydrogen) atoms. The number of nitrogens with one attached hydrogen (secondary N) is 5. The van der Waals surface area contributed by atoms with Gasteiger partial charge in [-0.25, -0.2) is 4.79 Å². The second-order valence-electron chi connectivity index (χ2n) is 19.2. The fourth-order valence-corrected chi connectivity index (χ4v) is 7.88. The molecule has 0 spiro atoms. The largest absolute Gasteiger partial charge is 0.508 e. The first kappa shape index (κ1) is 56.7. The van der Waals surface area contributed by atoms with Crippen LogP contribution in [0.3, 0.4) is 0 Å². The van der Waals surface area contributed by atoms with Crippen molar-refractivity contribution in [3.05, 3.63) is 29.8 Å². The summed E-state index contributed by atoms with van der Waals surface area (Å²) in [5.74, 6) is -4.83. The minimum Gasteiger partial charge on any atom is -0.508 e. The zero-order valence-electron chi connectivity index (χ0n) is 40.8. The third-order valence-corrected chi connectivity index (χ3v) is 11.5. The van der Waals surface area contributed by atoms with Gasteiger partial charge in [0.25, 0.3) is 0 Å². The first-order chi connectivity index (χ1) is 31.0. The lowest BCUT2D eigenvalue weighted by molar-refractivity contribution is -0.143. The van der Waals surface area contributed by atoms with E-state index in [1.54, 1.807) is 32.9 Å². The lowest BCUT2D eigenvalue weighted by atomic mass is 9.85. The fourth-order valence-electron chi connectivity index (χ4n) is 7.88. The molecule has 1 saturated heterocycles. The van der Waals surface area contributed by atoms with Crippen molar-refractivity contribution in [1.82, 2.24) is 36.4 Å². The Labute approximate surface area is 391 Å². The number of carbonyl (C=O) groups excluding carboxylic acids is 6. The lowest BCUT2D eigenvalue weighted by Gasteiger charge is -2.34. The SMILES string of the molecule is CCN(CC)CCCCC(=O)N[C@@H](CCCN=C(N)N)C(=O)N1CCC[C@H]1C(=O)N[C@@H](Cc1ccc(O)cc1)C(=O)N[C@H](C(=O)N[C@@H](CC(C)C)C(=O)N[C@@H](CC(C)C)C(=O)O)C(C)(C)C. The number of phenolic OH excluding ortho intramolecular Hbond substituents is 1. The van der Waals surface area contributed by atoms with E-state index in [2.05, 4.69) is 50.3 Å². The maximum absolute atomic E-state index is 14.4. The van der Waals surface area contributed by atoms with Gasteiger partial charge in [-0.3, -0.25) is 33.8 Å². The number of phenols is 1. The normalized spacial score (nSPS) is 16.2. The van der Waals surface area contributed by atoms with Crippen molar-refractivity contribution >= 4 is 47.4 Å². The molecule has 1 heterocycles. The van der Waals surface area contributed by atoms with Crippen LogP contribution < -0.4 is 38.1 Å². The van der Waals surface area contributed by atoms with Crippen LogP contribution in [0.4, 0.5) is 0 Å². The Morgan fingerprint density at radius 2 is 1.38 bits per heavy atom. The zero-order valence-corrected chi connectivity index (χ0v) is 40.8. The highest BCUT2D eigenvalue weighted by Crippen LogP contribution is 2.23. The second-order valence-corrected chi connectivity index (χ2v) is 19.2. The summed E-state index contributed by atoms with van der Waals surface area (Å²) in [5, 5.41) is 33.6. The first-order valence-corrected chi connectivity index (χ1v) is 23.6. The van der Waals surface area contributed by atoms with E-state index in [0.29, 0.717) is 24.8 Å². The van der Waals surface area contributed by atoms with E-state index in [1.807, 2.05) is 27.7 Å². The molecule has 0 aliphatic carbocycles. The predicted octanol–water partition coefficient (Wildman–Crippen LogP) is 2.14. The number of guanidine groups is 1. The molecule has 372 valence electrons. The number of benzene rings is 1. The van der Waals surface area contributed by atoms with Gasteiger partial charge in [-0.2, -0.15) is 0 Å². The van der Waals surface area contributed by atoms with Crippen LogP contribution >= 0.6 is 0 Å². The molecule has 19 heteroatoms. The maximum atomic E-state index is 14.4. The number of carbonyl (C=O) groups is 7. The van der Waals surface area contributed by atoms with Gasteiger partial charge < -0.3 is 58.1 Å². The number of rotatable bonds is 28. The Morgan fingerprint density at radius 3 is 1.94 bits per heavy atom. The van der Waals surface area contributed by atoms with E-state index in [-0.39, 0.29) is 81.1 Å². The fraction of sp³-hybridized carbons (Fsp3) is 0.702. The number of nitrogens with two attached hydrogens (primary N) is 2. The molecule has 0 aromatic heterocycles. The second kappa shape index (κ2) is 27.9. The van der Waals surface area contributed by atoms with E-state index in [0.717, 1.165) is 26.1 Å². The van der Waals surface area contributed by atoms with E-state index in [9.17, 15) is 43.8 Å². The molecule has 11 N–H and O–H groups in total. The van der Waals surface area contributed by atoms with Crippen molar-refractivity contribution < 1.29 is 43.8 Å². The minimum absolute atomic E-state index is 0.00758. The Hall–Kier alpha value is -5.46. The number of aliphatic imine (C=N–C) groups is 1. The molecule has 1 aromatic carbocycles. The minimum atomic E-state index is -1.27. The van der Waals surface area contributed by atoms with Crippen LogP contribution in [0.5, 0.6) is 5.75 Å². The quantitative estimate of drug-likeness (QED) is 0.0332. The first-order valence-electron chi connectivity index (χ1n) is 23.6. The number of hydrogen-bond donors (Lipinski definition) is 9. The van der Waals surface area contributed by atoms with Gasteiger partial charge in [0.05, 0.1) is 0 Å². The van der Waals surface area contributed by atoms with Gasteiger partial charge in [0.15, 0.2) is 5.96 Å². The Kier molecular flexibility index (Phi) is 23.9. The number of aliphatic carboxylic acids is 1. The molecule has 0 radical (unpaired) electrons. The smallest absolute Gasteiger partial charge is 0.326 e. The summed E-state index contributed by atoms with van der Waals surface area (Å²) in [6.45, 7) is 19.9. The van der Waals surface area contributed by atoms with Gasteiger partial charge >= 0.3 is 5.97 Å². The molecule has 0 unspecified atom stereocenters. The highest BCUT2D eigenvalue weighted by atomic mass is 16.4. The van der Waals surface area contributed by atoms with Gasteiger partial charge in [0, 0.05) is 25.9 Å². The third-order valence-electron chi connectivity index (χ3n) is 11.5. The highest BCUT2D eigenvalue weighted by molar-refractivity contribution is 5.97. The average Bonchev–Trinajstić information content (AvgIpc) is 3.73. The number of carboxylic acid groups (broad SMARTS) is 1. The number of amides is 6. The summed E-state index contributed by atoms with van der Waals surface area (Å²) in [4.78, 5) is 104. The molecular formula is C47H80N10O9. The Morgan fingerprint density at radius 1 is 0.788 bits per heavy atom. The van der Waals surface area contributed by atoms with Crippen molar-refractivity contribution in [2.24, 2.45) is 33.7 Å². The standard InChI is InChI=1S/C47H80N10O9/c1-10-56(11-2)24-13-12-18-38(59)51-33(16-14-23-50-46(48)49)44(64)57-25-15-17-37(57)42(62)52-35(28-31-19-21-32(58)22-20-31)41(61)55-39(47(7,8)9)43(63)53-34(26-29(3)4)40(60)54-36(45(65)66)27-30(5)6/h19-22,29-30,33-37,39,58H,10-18,23-28H2,1-9H3,(H,51,59)(H,52,62)(H,53,63)(H,54,60)(H,55,61)(H,65,66)(H4,48,49,50)/t33-,34-,35-,36-,37-,39+/m0/s1. The van der Waals surface area contributed by atoms with Gasteiger partial charge in [0.2, 0.25) is 35.4 Å². The maximum Gasteiger partial charge on any atom is 0.326 e. The van der Waals surface area contributed by atoms with Crippen LogP contribution in [0.25, 0.3) is 0 Å². The summed E-state index contributed by atoms with van der Waals surface area (Å²) < 4.78 is 0. The van der Waals surface area contributed by atoms with Crippen LogP contribution in [0.15, 0.2) is 29.3 Å². The number of likely N-dealkylation sites (tertiary alicyclic amines) is 1. The predicted molar refractivity (Wildman–Crippen MR) is 254 cm³/mol. The molecule has 0 saturated carbocycles. The third kappa shape index (κ3) is 20.0. The lowest BCUT2D eigenvalue weighted by Crippen LogP contribution is -2.62.